The number of hydrogen-bond donors (Lipinski definition) is 2. The van der Waals surface area contributed by atoms with Gasteiger partial charge in [0.15, 0.2) is 11.9 Å². The minimum absolute atomic E-state index is 0.00621. The van der Waals surface area contributed by atoms with Crippen molar-refractivity contribution in [3.63, 3.8) is 0 Å². The van der Waals surface area contributed by atoms with Crippen LogP contribution < -0.4 is 14.8 Å². The summed E-state index contributed by atoms with van der Waals surface area (Å²) in [6, 6.07) is 17.4. The molecule has 0 aliphatic carbocycles. The average Bonchev–Trinajstić information content (AvgIpc) is 3.14. The van der Waals surface area contributed by atoms with Gasteiger partial charge in [0.2, 0.25) is 0 Å². The Labute approximate surface area is 176 Å². The van der Waals surface area contributed by atoms with Gasteiger partial charge in [-0.1, -0.05) is 18.2 Å². The summed E-state index contributed by atoms with van der Waals surface area (Å²) < 4.78 is 37.8. The Morgan fingerprint density at radius 3 is 2.52 bits per heavy atom. The van der Waals surface area contributed by atoms with E-state index in [0.717, 1.165) is 6.07 Å². The quantitative estimate of drug-likeness (QED) is 0.447. The Morgan fingerprint density at radius 1 is 1.03 bits per heavy atom. The third kappa shape index (κ3) is 4.98. The zero-order valence-corrected chi connectivity index (χ0v) is 16.6. The predicted molar refractivity (Wildman–Crippen MR) is 112 cm³/mol. The van der Waals surface area contributed by atoms with Gasteiger partial charge in [0.05, 0.1) is 5.52 Å². The first-order valence-corrected chi connectivity index (χ1v) is 9.56. The largest absolute Gasteiger partial charge is 0.489 e. The SMILES string of the molecule is CC(Oc1ccccc1)C(=O)Nc1n[nH]c2cc(OCc3cc(F)cc(F)c3)ccc12. The van der Waals surface area contributed by atoms with Crippen LogP contribution in [-0.2, 0) is 11.4 Å². The number of ether oxygens (including phenoxy) is 2. The molecule has 0 radical (unpaired) electrons. The van der Waals surface area contributed by atoms with Crippen molar-refractivity contribution in [1.82, 2.24) is 10.2 Å². The van der Waals surface area contributed by atoms with Gasteiger partial charge in [-0.25, -0.2) is 8.78 Å². The fourth-order valence-electron chi connectivity index (χ4n) is 3.02. The van der Waals surface area contributed by atoms with E-state index in [1.165, 1.54) is 12.1 Å². The van der Waals surface area contributed by atoms with Gasteiger partial charge in [0, 0.05) is 17.5 Å². The summed E-state index contributed by atoms with van der Waals surface area (Å²) in [4.78, 5) is 12.5. The van der Waals surface area contributed by atoms with Crippen molar-refractivity contribution in [3.8, 4) is 11.5 Å². The minimum Gasteiger partial charge on any atom is -0.489 e. The molecule has 3 aromatic carbocycles. The molecule has 1 heterocycles. The van der Waals surface area contributed by atoms with E-state index in [1.54, 1.807) is 37.3 Å². The lowest BCUT2D eigenvalue weighted by Gasteiger charge is -2.13. The van der Waals surface area contributed by atoms with Gasteiger partial charge in [-0.3, -0.25) is 9.89 Å². The molecule has 0 fully saturated rings. The molecular formula is C23H19F2N3O3. The lowest BCUT2D eigenvalue weighted by Crippen LogP contribution is -2.30. The van der Waals surface area contributed by atoms with Gasteiger partial charge in [-0.15, -0.1) is 0 Å². The third-order valence-electron chi connectivity index (χ3n) is 4.53. The Balaban J connectivity index is 1.41. The van der Waals surface area contributed by atoms with Crippen LogP contribution in [0.1, 0.15) is 12.5 Å². The predicted octanol–water partition coefficient (Wildman–Crippen LogP) is 4.83. The monoisotopic (exact) mass is 423 g/mol. The third-order valence-corrected chi connectivity index (χ3v) is 4.53. The second-order valence-electron chi connectivity index (χ2n) is 6.91. The molecule has 2 N–H and O–H groups in total. The standard InChI is InChI=1S/C23H19F2N3O3/c1-14(31-18-5-3-2-4-6-18)23(29)26-22-20-8-7-19(12-21(20)27-28-22)30-13-15-9-16(24)11-17(25)10-15/h2-12,14H,13H2,1H3,(H2,26,27,28,29). The number of hydrogen-bond acceptors (Lipinski definition) is 4. The molecule has 1 aromatic heterocycles. The van der Waals surface area contributed by atoms with Crippen LogP contribution in [0.2, 0.25) is 0 Å². The number of fused-ring (bicyclic) bond motifs is 1. The molecule has 6 nitrogen and oxygen atoms in total. The van der Waals surface area contributed by atoms with Gasteiger partial charge >= 0.3 is 0 Å². The van der Waals surface area contributed by atoms with Crippen molar-refractivity contribution in [2.45, 2.75) is 19.6 Å². The number of rotatable bonds is 7. The number of carbonyl (C=O) groups excluding carboxylic acids is 1. The number of halogens is 2. The smallest absolute Gasteiger partial charge is 0.266 e. The molecule has 0 aliphatic rings. The van der Waals surface area contributed by atoms with Gasteiger partial charge < -0.3 is 14.8 Å². The van der Waals surface area contributed by atoms with E-state index in [1.807, 2.05) is 18.2 Å². The molecule has 1 amide bonds. The van der Waals surface area contributed by atoms with E-state index < -0.39 is 17.7 Å². The van der Waals surface area contributed by atoms with E-state index >= 15 is 0 Å². The van der Waals surface area contributed by atoms with E-state index in [2.05, 4.69) is 15.5 Å². The van der Waals surface area contributed by atoms with E-state index in [0.29, 0.717) is 33.8 Å². The van der Waals surface area contributed by atoms with Crippen molar-refractivity contribution >= 4 is 22.6 Å². The Kier molecular flexibility index (Phi) is 5.79. The highest BCUT2D eigenvalue weighted by Gasteiger charge is 2.17. The first-order valence-electron chi connectivity index (χ1n) is 9.56. The van der Waals surface area contributed by atoms with Crippen LogP contribution in [0, 0.1) is 11.6 Å². The Morgan fingerprint density at radius 2 is 1.77 bits per heavy atom. The highest BCUT2D eigenvalue weighted by Crippen LogP contribution is 2.26. The number of benzene rings is 3. The Bertz CT molecular complexity index is 1190. The van der Waals surface area contributed by atoms with E-state index in [9.17, 15) is 13.6 Å². The van der Waals surface area contributed by atoms with Crippen LogP contribution in [-0.4, -0.2) is 22.2 Å². The van der Waals surface area contributed by atoms with Crippen molar-refractivity contribution in [2.24, 2.45) is 0 Å². The van der Waals surface area contributed by atoms with Crippen LogP contribution in [0.4, 0.5) is 14.6 Å². The van der Waals surface area contributed by atoms with E-state index in [4.69, 9.17) is 9.47 Å². The molecule has 31 heavy (non-hydrogen) atoms. The highest BCUT2D eigenvalue weighted by atomic mass is 19.1. The summed E-state index contributed by atoms with van der Waals surface area (Å²) in [5.41, 5.74) is 1.01. The van der Waals surface area contributed by atoms with E-state index in [-0.39, 0.29) is 12.5 Å². The van der Waals surface area contributed by atoms with Gasteiger partial charge in [-0.05, 0) is 48.9 Å². The molecule has 8 heteroatoms. The van der Waals surface area contributed by atoms with Gasteiger partial charge in [0.25, 0.3) is 5.91 Å². The second kappa shape index (κ2) is 8.83. The number of carbonyl (C=O) groups is 1. The minimum atomic E-state index is -0.719. The number of amides is 1. The molecule has 0 bridgehead atoms. The zero-order valence-electron chi connectivity index (χ0n) is 16.6. The number of aromatic nitrogens is 2. The Hall–Kier alpha value is -3.94. The molecule has 0 saturated heterocycles. The zero-order chi connectivity index (χ0) is 21.8. The normalized spacial score (nSPS) is 11.8. The molecule has 158 valence electrons. The van der Waals surface area contributed by atoms with Crippen LogP contribution in [0.5, 0.6) is 11.5 Å². The summed E-state index contributed by atoms with van der Waals surface area (Å²) >= 11 is 0. The molecule has 4 rings (SSSR count). The topological polar surface area (TPSA) is 76.2 Å². The molecule has 4 aromatic rings. The fourth-order valence-corrected chi connectivity index (χ4v) is 3.02. The maximum absolute atomic E-state index is 13.3. The summed E-state index contributed by atoms with van der Waals surface area (Å²) in [5, 5.41) is 10.4. The lowest BCUT2D eigenvalue weighted by molar-refractivity contribution is -0.122. The fraction of sp³-hybridized carbons (Fsp3) is 0.130. The van der Waals surface area contributed by atoms with Crippen LogP contribution in [0.25, 0.3) is 10.9 Å². The number of para-hydroxylation sites is 1. The molecular weight excluding hydrogens is 404 g/mol. The molecule has 0 spiro atoms. The molecule has 0 aliphatic heterocycles. The van der Waals surface area contributed by atoms with Crippen molar-refractivity contribution < 1.29 is 23.0 Å². The van der Waals surface area contributed by atoms with Crippen molar-refractivity contribution in [2.75, 3.05) is 5.32 Å². The van der Waals surface area contributed by atoms with Gasteiger partial charge in [-0.2, -0.15) is 5.10 Å². The number of aromatic amines is 1. The van der Waals surface area contributed by atoms with Crippen LogP contribution in [0.3, 0.4) is 0 Å². The first-order chi connectivity index (χ1) is 15.0. The summed E-state index contributed by atoms with van der Waals surface area (Å²) in [6.45, 7) is 1.66. The molecule has 1 atom stereocenters. The van der Waals surface area contributed by atoms with Crippen molar-refractivity contribution in [1.29, 1.82) is 0 Å². The summed E-state index contributed by atoms with van der Waals surface area (Å²) in [6.07, 6.45) is -0.719. The highest BCUT2D eigenvalue weighted by molar-refractivity contribution is 6.01. The number of anilines is 1. The second-order valence-corrected chi connectivity index (χ2v) is 6.91. The number of H-pyrrole nitrogens is 1. The van der Waals surface area contributed by atoms with Crippen LogP contribution in [0.15, 0.2) is 66.7 Å². The lowest BCUT2D eigenvalue weighted by atomic mass is 10.2. The molecule has 1 unspecified atom stereocenters. The maximum Gasteiger partial charge on any atom is 0.266 e. The van der Waals surface area contributed by atoms with Crippen molar-refractivity contribution in [3.05, 3.63) is 83.9 Å². The number of nitrogens with zero attached hydrogens (tertiary/aromatic N) is 1. The van der Waals surface area contributed by atoms with Gasteiger partial charge in [0.1, 0.15) is 29.7 Å². The summed E-state index contributed by atoms with van der Waals surface area (Å²) in [5.74, 6) is -0.216. The summed E-state index contributed by atoms with van der Waals surface area (Å²) in [7, 11) is 0. The maximum atomic E-state index is 13.3. The molecule has 0 saturated carbocycles. The van der Waals surface area contributed by atoms with Crippen LogP contribution >= 0.6 is 0 Å². The first kappa shape index (κ1) is 20.3. The number of nitrogens with one attached hydrogen (secondary N) is 2. The average molecular weight is 423 g/mol.